The quantitative estimate of drug-likeness (QED) is 0.843. The summed E-state index contributed by atoms with van der Waals surface area (Å²) in [6.45, 7) is 6.30. The number of benzene rings is 1. The maximum atomic E-state index is 12.6. The van der Waals surface area contributed by atoms with Gasteiger partial charge in [-0.2, -0.15) is 0 Å². The van der Waals surface area contributed by atoms with Crippen LogP contribution in [-0.4, -0.2) is 52.4 Å². The number of hydrogen-bond acceptors (Lipinski definition) is 3. The van der Waals surface area contributed by atoms with E-state index in [1.165, 1.54) is 6.07 Å². The number of rotatable bonds is 1. The molecule has 0 spiro atoms. The number of aryl methyl sites for hydroxylation is 1. The molecule has 2 amide bonds. The molecule has 0 aliphatic carbocycles. The number of nitrogens with zero attached hydrogens (tertiary/aromatic N) is 2. The Kier molecular flexibility index (Phi) is 3.46. The number of piperazine rings is 1. The molecule has 1 aromatic rings. The summed E-state index contributed by atoms with van der Waals surface area (Å²) in [5, 5.41) is 9.53. The first kappa shape index (κ1) is 14.4. The molecular weight excluding hydrogens is 256 g/mol. The lowest BCUT2D eigenvalue weighted by Gasteiger charge is -2.44. The van der Waals surface area contributed by atoms with Crippen LogP contribution in [-0.2, 0) is 4.79 Å². The predicted molar refractivity (Wildman–Crippen MR) is 75.6 cm³/mol. The average Bonchev–Trinajstić information content (AvgIpc) is 2.39. The topological polar surface area (TPSA) is 60.9 Å². The summed E-state index contributed by atoms with van der Waals surface area (Å²) in [6.07, 6.45) is 0. The minimum Gasteiger partial charge on any atom is -0.508 e. The first-order chi connectivity index (χ1) is 9.25. The number of aromatic hydroxyl groups is 1. The number of carbonyl (C=O) groups excluding carboxylic acids is 2. The van der Waals surface area contributed by atoms with Crippen LogP contribution < -0.4 is 0 Å². The van der Waals surface area contributed by atoms with Crippen LogP contribution in [0.1, 0.15) is 29.8 Å². The molecule has 20 heavy (non-hydrogen) atoms. The number of carbonyl (C=O) groups is 2. The third-order valence-electron chi connectivity index (χ3n) is 3.89. The lowest BCUT2D eigenvalue weighted by Crippen LogP contribution is -2.63. The molecule has 0 atom stereocenters. The van der Waals surface area contributed by atoms with Crippen molar-refractivity contribution >= 4 is 11.8 Å². The molecule has 1 aliphatic rings. The molecule has 0 aromatic heterocycles. The molecule has 5 nitrogen and oxygen atoms in total. The van der Waals surface area contributed by atoms with E-state index in [9.17, 15) is 14.7 Å². The first-order valence-corrected chi connectivity index (χ1v) is 6.62. The third kappa shape index (κ3) is 2.24. The van der Waals surface area contributed by atoms with Crippen molar-refractivity contribution < 1.29 is 14.7 Å². The fourth-order valence-electron chi connectivity index (χ4n) is 2.51. The van der Waals surface area contributed by atoms with Gasteiger partial charge in [0.05, 0.1) is 0 Å². The molecule has 5 heteroatoms. The van der Waals surface area contributed by atoms with Gasteiger partial charge in [0.2, 0.25) is 5.91 Å². The Morgan fingerprint density at radius 3 is 2.55 bits per heavy atom. The van der Waals surface area contributed by atoms with Gasteiger partial charge in [-0.1, -0.05) is 0 Å². The Morgan fingerprint density at radius 2 is 1.95 bits per heavy atom. The number of likely N-dealkylation sites (N-methyl/N-ethyl adjacent to an activating group) is 1. The SMILES string of the molecule is Cc1cc(C(=O)N2CCN(C)C(=O)C2(C)C)ccc1O. The monoisotopic (exact) mass is 276 g/mol. The van der Waals surface area contributed by atoms with Crippen LogP contribution in [0.3, 0.4) is 0 Å². The molecule has 0 bridgehead atoms. The second-order valence-corrected chi connectivity index (χ2v) is 5.74. The molecule has 0 radical (unpaired) electrons. The van der Waals surface area contributed by atoms with Gasteiger partial charge in [0.15, 0.2) is 0 Å². The zero-order valence-electron chi connectivity index (χ0n) is 12.3. The lowest BCUT2D eigenvalue weighted by atomic mass is 9.96. The van der Waals surface area contributed by atoms with Gasteiger partial charge in [0, 0.05) is 25.7 Å². The van der Waals surface area contributed by atoms with Crippen molar-refractivity contribution in [2.45, 2.75) is 26.3 Å². The van der Waals surface area contributed by atoms with Crippen LogP contribution in [0.2, 0.25) is 0 Å². The van der Waals surface area contributed by atoms with Crippen molar-refractivity contribution in [1.82, 2.24) is 9.80 Å². The van der Waals surface area contributed by atoms with Gasteiger partial charge in [-0.15, -0.1) is 0 Å². The number of amides is 2. The number of hydrogen-bond donors (Lipinski definition) is 1. The van der Waals surface area contributed by atoms with Gasteiger partial charge in [-0.25, -0.2) is 0 Å². The highest BCUT2D eigenvalue weighted by Crippen LogP contribution is 2.25. The zero-order chi connectivity index (χ0) is 15.1. The highest BCUT2D eigenvalue weighted by molar-refractivity contribution is 5.99. The van der Waals surface area contributed by atoms with Crippen molar-refractivity contribution in [3.63, 3.8) is 0 Å². The molecule has 1 heterocycles. The van der Waals surface area contributed by atoms with Crippen molar-refractivity contribution in [1.29, 1.82) is 0 Å². The Morgan fingerprint density at radius 1 is 1.30 bits per heavy atom. The second-order valence-electron chi connectivity index (χ2n) is 5.74. The van der Waals surface area contributed by atoms with Crippen LogP contribution in [0.25, 0.3) is 0 Å². The molecular formula is C15H20N2O3. The first-order valence-electron chi connectivity index (χ1n) is 6.62. The fourth-order valence-corrected chi connectivity index (χ4v) is 2.51. The van der Waals surface area contributed by atoms with Gasteiger partial charge >= 0.3 is 0 Å². The summed E-state index contributed by atoms with van der Waals surface area (Å²) in [6, 6.07) is 4.74. The van der Waals surface area contributed by atoms with E-state index in [0.717, 1.165) is 0 Å². The molecule has 1 saturated heterocycles. The minimum absolute atomic E-state index is 0.0624. The Bertz CT molecular complexity index is 566. The summed E-state index contributed by atoms with van der Waals surface area (Å²) >= 11 is 0. The molecule has 108 valence electrons. The molecule has 1 fully saturated rings. The highest BCUT2D eigenvalue weighted by atomic mass is 16.3. The van der Waals surface area contributed by atoms with E-state index in [2.05, 4.69) is 0 Å². The Hall–Kier alpha value is -2.04. The lowest BCUT2D eigenvalue weighted by molar-refractivity contribution is -0.144. The smallest absolute Gasteiger partial charge is 0.254 e. The molecule has 0 saturated carbocycles. The van der Waals surface area contributed by atoms with Gasteiger partial charge < -0.3 is 14.9 Å². The summed E-state index contributed by atoms with van der Waals surface area (Å²) in [5.74, 6) is -0.0811. The van der Waals surface area contributed by atoms with Crippen molar-refractivity contribution in [2.75, 3.05) is 20.1 Å². The van der Waals surface area contributed by atoms with Gasteiger partial charge in [-0.3, -0.25) is 9.59 Å². The van der Waals surface area contributed by atoms with Crippen LogP contribution in [0.15, 0.2) is 18.2 Å². The average molecular weight is 276 g/mol. The predicted octanol–water partition coefficient (Wildman–Crippen LogP) is 1.39. The summed E-state index contributed by atoms with van der Waals surface area (Å²) in [7, 11) is 1.75. The zero-order valence-corrected chi connectivity index (χ0v) is 12.3. The Labute approximate surface area is 118 Å². The van der Waals surface area contributed by atoms with Crippen molar-refractivity contribution in [2.24, 2.45) is 0 Å². The van der Waals surface area contributed by atoms with E-state index in [1.54, 1.807) is 49.8 Å². The number of phenolic OH excluding ortho intramolecular Hbond substituents is 1. The van der Waals surface area contributed by atoms with Crippen LogP contribution in [0.5, 0.6) is 5.75 Å². The molecule has 1 N–H and O–H groups in total. The largest absolute Gasteiger partial charge is 0.508 e. The molecule has 0 unspecified atom stereocenters. The highest BCUT2D eigenvalue weighted by Gasteiger charge is 2.43. The van der Waals surface area contributed by atoms with Crippen LogP contribution >= 0.6 is 0 Å². The van der Waals surface area contributed by atoms with Gasteiger partial charge in [-0.05, 0) is 44.5 Å². The molecule has 2 rings (SSSR count). The van der Waals surface area contributed by atoms with Crippen molar-refractivity contribution in [3.05, 3.63) is 29.3 Å². The van der Waals surface area contributed by atoms with Crippen LogP contribution in [0, 0.1) is 6.92 Å². The summed E-state index contributed by atoms with van der Waals surface area (Å²) < 4.78 is 0. The van der Waals surface area contributed by atoms with E-state index < -0.39 is 5.54 Å². The normalized spacial score (nSPS) is 18.3. The molecule has 1 aliphatic heterocycles. The third-order valence-corrected chi connectivity index (χ3v) is 3.89. The summed E-state index contributed by atoms with van der Waals surface area (Å²) in [5.41, 5.74) is 0.287. The van der Waals surface area contributed by atoms with Crippen LogP contribution in [0.4, 0.5) is 0 Å². The number of phenols is 1. The van der Waals surface area contributed by atoms with Crippen molar-refractivity contribution in [3.8, 4) is 5.75 Å². The second kappa shape index (κ2) is 4.81. The maximum absolute atomic E-state index is 12.6. The standard InChI is InChI=1S/C15H20N2O3/c1-10-9-11(5-6-12(10)18)13(19)17-8-7-16(4)14(20)15(17,2)3/h5-6,9,18H,7-8H2,1-4H3. The van der Waals surface area contributed by atoms with Gasteiger partial charge in [0.25, 0.3) is 5.91 Å². The van der Waals surface area contributed by atoms with E-state index in [0.29, 0.717) is 24.2 Å². The molecule has 1 aromatic carbocycles. The van der Waals surface area contributed by atoms with Gasteiger partial charge in [0.1, 0.15) is 11.3 Å². The fraction of sp³-hybridized carbons (Fsp3) is 0.467. The minimum atomic E-state index is -0.851. The van der Waals surface area contributed by atoms with E-state index in [4.69, 9.17) is 0 Å². The maximum Gasteiger partial charge on any atom is 0.254 e. The van der Waals surface area contributed by atoms with E-state index in [-0.39, 0.29) is 17.6 Å². The van der Waals surface area contributed by atoms with E-state index in [1.807, 2.05) is 0 Å². The van der Waals surface area contributed by atoms with E-state index >= 15 is 0 Å². The Balaban J connectivity index is 2.33. The summed E-state index contributed by atoms with van der Waals surface area (Å²) in [4.78, 5) is 28.1.